The number of halogens is 1. The monoisotopic (exact) mass is 424 g/mol. The molecular formula is C23H21ClN2O4. The predicted octanol–water partition coefficient (Wildman–Crippen LogP) is 6.28. The quantitative estimate of drug-likeness (QED) is 0.242. The number of para-hydroxylation sites is 1. The second-order valence-electron chi connectivity index (χ2n) is 6.52. The van der Waals surface area contributed by atoms with Gasteiger partial charge in [-0.05, 0) is 60.9 Å². The molecule has 0 N–H and O–H groups in total. The number of hydrogen-bond acceptors (Lipinski definition) is 5. The minimum atomic E-state index is -0.439. The normalized spacial score (nSPS) is 10.9. The maximum absolute atomic E-state index is 10.8. The molecule has 0 unspecified atom stereocenters. The number of non-ortho nitro benzene ring substituents is 1. The first-order chi connectivity index (χ1) is 14.5. The van der Waals surface area contributed by atoms with Crippen LogP contribution in [0.4, 0.5) is 11.4 Å². The first-order valence-electron chi connectivity index (χ1n) is 9.40. The summed E-state index contributed by atoms with van der Waals surface area (Å²) in [6.07, 6.45) is 1.73. The Morgan fingerprint density at radius 3 is 2.50 bits per heavy atom. The lowest BCUT2D eigenvalue weighted by Crippen LogP contribution is -2.01. The summed E-state index contributed by atoms with van der Waals surface area (Å²) >= 11 is 6.46. The first kappa shape index (κ1) is 21.3. The minimum absolute atomic E-state index is 0.0316. The lowest BCUT2D eigenvalue weighted by atomic mass is 10.2. The molecule has 0 fully saturated rings. The fourth-order valence-corrected chi connectivity index (χ4v) is 3.06. The van der Waals surface area contributed by atoms with Crippen molar-refractivity contribution in [2.75, 3.05) is 6.61 Å². The van der Waals surface area contributed by atoms with E-state index < -0.39 is 4.92 Å². The fourth-order valence-electron chi connectivity index (χ4n) is 2.79. The Labute approximate surface area is 179 Å². The molecule has 0 aliphatic heterocycles. The third-order valence-corrected chi connectivity index (χ3v) is 4.61. The van der Waals surface area contributed by atoms with Gasteiger partial charge in [-0.1, -0.05) is 29.8 Å². The number of rotatable bonds is 8. The lowest BCUT2D eigenvalue weighted by molar-refractivity contribution is -0.384. The average molecular weight is 425 g/mol. The highest BCUT2D eigenvalue weighted by atomic mass is 35.5. The number of aliphatic imine (C=N–C) groups is 1. The van der Waals surface area contributed by atoms with E-state index >= 15 is 0 Å². The van der Waals surface area contributed by atoms with Crippen molar-refractivity contribution in [1.29, 1.82) is 0 Å². The van der Waals surface area contributed by atoms with Crippen LogP contribution in [0.3, 0.4) is 0 Å². The van der Waals surface area contributed by atoms with Gasteiger partial charge in [-0.3, -0.25) is 15.1 Å². The molecule has 0 spiro atoms. The molecule has 0 aliphatic rings. The zero-order valence-corrected chi connectivity index (χ0v) is 17.4. The molecule has 0 radical (unpaired) electrons. The van der Waals surface area contributed by atoms with Crippen molar-refractivity contribution in [3.8, 4) is 11.5 Å². The van der Waals surface area contributed by atoms with Gasteiger partial charge in [-0.2, -0.15) is 0 Å². The van der Waals surface area contributed by atoms with Crippen molar-refractivity contribution in [2.45, 2.75) is 20.5 Å². The lowest BCUT2D eigenvalue weighted by Gasteiger charge is -2.14. The van der Waals surface area contributed by atoms with Crippen LogP contribution in [-0.4, -0.2) is 17.7 Å². The Balaban J connectivity index is 1.80. The van der Waals surface area contributed by atoms with Gasteiger partial charge in [0.2, 0.25) is 0 Å². The molecule has 0 saturated carbocycles. The number of nitro benzene ring substituents is 1. The number of benzene rings is 3. The molecule has 6 nitrogen and oxygen atoms in total. The van der Waals surface area contributed by atoms with Crippen molar-refractivity contribution >= 4 is 29.2 Å². The van der Waals surface area contributed by atoms with E-state index in [0.717, 1.165) is 22.4 Å². The van der Waals surface area contributed by atoms with Gasteiger partial charge in [0.15, 0.2) is 11.5 Å². The smallest absolute Gasteiger partial charge is 0.269 e. The molecule has 0 aliphatic carbocycles. The van der Waals surface area contributed by atoms with E-state index in [2.05, 4.69) is 4.99 Å². The summed E-state index contributed by atoms with van der Waals surface area (Å²) in [5.74, 6) is 0.933. The van der Waals surface area contributed by atoms with E-state index in [1.54, 1.807) is 24.4 Å². The molecule has 0 amide bonds. The van der Waals surface area contributed by atoms with Crippen molar-refractivity contribution < 1.29 is 14.4 Å². The number of nitro groups is 1. The second-order valence-corrected chi connectivity index (χ2v) is 6.93. The summed E-state index contributed by atoms with van der Waals surface area (Å²) in [5.41, 5.74) is 3.56. The first-order valence-corrected chi connectivity index (χ1v) is 9.78. The van der Waals surface area contributed by atoms with Crippen LogP contribution >= 0.6 is 11.6 Å². The average Bonchev–Trinajstić information content (AvgIpc) is 2.73. The largest absolute Gasteiger partial charge is 0.490 e. The minimum Gasteiger partial charge on any atom is -0.490 e. The van der Waals surface area contributed by atoms with E-state index in [4.69, 9.17) is 21.1 Å². The second kappa shape index (κ2) is 9.89. The molecule has 30 heavy (non-hydrogen) atoms. The van der Waals surface area contributed by atoms with Crippen LogP contribution < -0.4 is 9.47 Å². The van der Waals surface area contributed by atoms with Crippen molar-refractivity contribution in [3.63, 3.8) is 0 Å². The van der Waals surface area contributed by atoms with Gasteiger partial charge >= 0.3 is 0 Å². The highest BCUT2D eigenvalue weighted by molar-refractivity contribution is 6.32. The Morgan fingerprint density at radius 1 is 1.10 bits per heavy atom. The summed E-state index contributed by atoms with van der Waals surface area (Å²) in [6, 6.07) is 17.6. The van der Waals surface area contributed by atoms with Gasteiger partial charge in [-0.25, -0.2) is 0 Å². The molecule has 0 aromatic heterocycles. The number of nitrogens with zero attached hydrogens (tertiary/aromatic N) is 2. The van der Waals surface area contributed by atoms with Crippen molar-refractivity contribution in [3.05, 3.63) is 92.5 Å². The summed E-state index contributed by atoms with van der Waals surface area (Å²) in [5, 5.41) is 11.2. The van der Waals surface area contributed by atoms with Gasteiger partial charge in [0.1, 0.15) is 6.61 Å². The molecule has 7 heteroatoms. The van der Waals surface area contributed by atoms with Gasteiger partial charge in [0.25, 0.3) is 5.69 Å². The SMILES string of the molecule is CCOc1cc(C=Nc2ccccc2C)cc(Cl)c1OCc1ccc([N+](=O)[O-])cc1. The fraction of sp³-hybridized carbons (Fsp3) is 0.174. The van der Waals surface area contributed by atoms with Crippen LogP contribution in [0, 0.1) is 17.0 Å². The Bertz CT molecular complexity index is 1070. The Hall–Kier alpha value is -3.38. The van der Waals surface area contributed by atoms with Crippen LogP contribution in [0.1, 0.15) is 23.6 Å². The van der Waals surface area contributed by atoms with Crippen LogP contribution in [0.5, 0.6) is 11.5 Å². The number of hydrogen-bond donors (Lipinski definition) is 0. The van der Waals surface area contributed by atoms with Crippen molar-refractivity contribution in [1.82, 2.24) is 0 Å². The molecule has 3 aromatic rings. The highest BCUT2D eigenvalue weighted by Gasteiger charge is 2.13. The van der Waals surface area contributed by atoms with Crippen LogP contribution in [0.25, 0.3) is 0 Å². The van der Waals surface area contributed by atoms with Gasteiger partial charge < -0.3 is 9.47 Å². The molecule has 154 valence electrons. The molecule has 3 aromatic carbocycles. The molecule has 0 atom stereocenters. The molecule has 3 rings (SSSR count). The van der Waals surface area contributed by atoms with Crippen LogP contribution in [0.2, 0.25) is 5.02 Å². The maximum atomic E-state index is 10.8. The maximum Gasteiger partial charge on any atom is 0.269 e. The predicted molar refractivity (Wildman–Crippen MR) is 118 cm³/mol. The third kappa shape index (κ3) is 5.36. The zero-order valence-electron chi connectivity index (χ0n) is 16.7. The Morgan fingerprint density at radius 2 is 1.83 bits per heavy atom. The summed E-state index contributed by atoms with van der Waals surface area (Å²) in [6.45, 7) is 4.53. The Kier molecular flexibility index (Phi) is 7.03. The van der Waals surface area contributed by atoms with Gasteiger partial charge in [-0.15, -0.1) is 0 Å². The molecular weight excluding hydrogens is 404 g/mol. The molecule has 0 bridgehead atoms. The molecule has 0 heterocycles. The third-order valence-electron chi connectivity index (χ3n) is 4.33. The zero-order chi connectivity index (χ0) is 21.5. The van der Waals surface area contributed by atoms with E-state index in [9.17, 15) is 10.1 Å². The summed E-state index contributed by atoms with van der Waals surface area (Å²) in [7, 11) is 0. The van der Waals surface area contributed by atoms with Crippen molar-refractivity contribution in [2.24, 2.45) is 4.99 Å². The number of ether oxygens (including phenoxy) is 2. The standard InChI is InChI=1S/C23H21ClN2O4/c1-3-29-22-13-18(14-25-21-7-5-4-6-16(21)2)12-20(24)23(22)30-15-17-8-10-19(11-9-17)26(27)28/h4-14H,3,15H2,1-2H3. The van der Waals surface area contributed by atoms with E-state index in [-0.39, 0.29) is 12.3 Å². The van der Waals surface area contributed by atoms with Crippen LogP contribution in [-0.2, 0) is 6.61 Å². The van der Waals surface area contributed by atoms with E-state index in [0.29, 0.717) is 23.1 Å². The van der Waals surface area contributed by atoms with E-state index in [1.807, 2.05) is 44.2 Å². The highest BCUT2D eigenvalue weighted by Crippen LogP contribution is 2.37. The summed E-state index contributed by atoms with van der Waals surface area (Å²) in [4.78, 5) is 14.9. The summed E-state index contributed by atoms with van der Waals surface area (Å²) < 4.78 is 11.6. The van der Waals surface area contributed by atoms with Gasteiger partial charge in [0.05, 0.1) is 22.2 Å². The van der Waals surface area contributed by atoms with Gasteiger partial charge in [0, 0.05) is 18.3 Å². The topological polar surface area (TPSA) is 74.0 Å². The van der Waals surface area contributed by atoms with Crippen LogP contribution in [0.15, 0.2) is 65.7 Å². The number of aryl methyl sites for hydroxylation is 1. The van der Waals surface area contributed by atoms with E-state index in [1.165, 1.54) is 12.1 Å². The molecule has 0 saturated heterocycles.